The highest BCUT2D eigenvalue weighted by Crippen LogP contribution is 2.29. The largest absolute Gasteiger partial charge is 0.353 e. The topological polar surface area (TPSA) is 87.9 Å². The number of sulfonamides is 1. The van der Waals surface area contributed by atoms with Crippen LogP contribution in [0.3, 0.4) is 0 Å². The lowest BCUT2D eigenvalue weighted by molar-refractivity contribution is 0.383. The fraction of sp³-hybridized carbons (Fsp3) is 0.409. The van der Waals surface area contributed by atoms with Crippen LogP contribution in [0.2, 0.25) is 5.02 Å². The van der Waals surface area contributed by atoms with Crippen LogP contribution in [-0.2, 0) is 10.0 Å². The van der Waals surface area contributed by atoms with E-state index in [0.29, 0.717) is 49.7 Å². The van der Waals surface area contributed by atoms with Gasteiger partial charge in [-0.15, -0.1) is 0 Å². The number of hydrogen-bond acceptors (Lipinski definition) is 6. The van der Waals surface area contributed by atoms with E-state index >= 15 is 0 Å². The van der Waals surface area contributed by atoms with Crippen molar-refractivity contribution in [2.45, 2.75) is 27.2 Å². The summed E-state index contributed by atoms with van der Waals surface area (Å²) >= 11 is 5.93. The van der Waals surface area contributed by atoms with Crippen molar-refractivity contribution in [2.75, 3.05) is 36.8 Å². The molecule has 3 aromatic rings. The zero-order chi connectivity index (χ0) is 23.9. The van der Waals surface area contributed by atoms with E-state index in [1.807, 2.05) is 11.8 Å². The first-order valence-electron chi connectivity index (χ1n) is 10.7. The van der Waals surface area contributed by atoms with Gasteiger partial charge in [0, 0.05) is 48.0 Å². The van der Waals surface area contributed by atoms with Gasteiger partial charge in [-0.05, 0) is 38.5 Å². The molecular weight excluding hydrogens is 469 g/mol. The molecule has 3 heterocycles. The molecule has 33 heavy (non-hydrogen) atoms. The number of aromatic nitrogens is 3. The van der Waals surface area contributed by atoms with Crippen molar-refractivity contribution < 1.29 is 12.8 Å². The van der Waals surface area contributed by atoms with Crippen LogP contribution in [0.5, 0.6) is 0 Å². The maximum absolute atomic E-state index is 14.8. The van der Waals surface area contributed by atoms with Gasteiger partial charge in [0.15, 0.2) is 5.65 Å². The molecule has 176 valence electrons. The number of fused-ring (bicyclic) bond motifs is 1. The molecule has 0 saturated carbocycles. The fourth-order valence-corrected chi connectivity index (χ4v) is 5.57. The molecule has 1 aliphatic heterocycles. The average Bonchev–Trinajstić information content (AvgIpc) is 2.77. The molecule has 1 aromatic carbocycles. The Morgan fingerprint density at radius 3 is 2.45 bits per heavy atom. The number of anilines is 1. The summed E-state index contributed by atoms with van der Waals surface area (Å²) in [5, 5.41) is 0.248. The van der Waals surface area contributed by atoms with Crippen molar-refractivity contribution in [3.63, 3.8) is 0 Å². The molecule has 1 saturated heterocycles. The van der Waals surface area contributed by atoms with Crippen LogP contribution in [0.4, 0.5) is 10.2 Å². The van der Waals surface area contributed by atoms with Gasteiger partial charge < -0.3 is 4.90 Å². The van der Waals surface area contributed by atoms with Gasteiger partial charge in [-0.3, -0.25) is 9.20 Å². The molecule has 1 aliphatic rings. The van der Waals surface area contributed by atoms with E-state index in [4.69, 9.17) is 11.6 Å². The average molecular weight is 494 g/mol. The van der Waals surface area contributed by atoms with Crippen LogP contribution in [0.1, 0.15) is 24.6 Å². The summed E-state index contributed by atoms with van der Waals surface area (Å²) < 4.78 is 42.5. The second-order valence-corrected chi connectivity index (χ2v) is 10.6. The first-order chi connectivity index (χ1) is 15.6. The van der Waals surface area contributed by atoms with Gasteiger partial charge in [0.2, 0.25) is 10.0 Å². The molecule has 8 nitrogen and oxygen atoms in total. The molecule has 0 spiro atoms. The fourth-order valence-electron chi connectivity index (χ4n) is 3.92. The van der Waals surface area contributed by atoms with Crippen molar-refractivity contribution in [3.05, 3.63) is 56.8 Å². The molecule has 0 N–H and O–H groups in total. The Kier molecular flexibility index (Phi) is 6.43. The summed E-state index contributed by atoms with van der Waals surface area (Å²) in [5.41, 5.74) is 1.42. The molecule has 0 amide bonds. The first-order valence-corrected chi connectivity index (χ1v) is 12.7. The molecular formula is C22H25ClFN5O3S. The molecule has 0 unspecified atom stereocenters. The summed E-state index contributed by atoms with van der Waals surface area (Å²) in [6.45, 7) is 6.67. The number of aryl methyl sites for hydroxylation is 1. The van der Waals surface area contributed by atoms with E-state index in [2.05, 4.69) is 9.97 Å². The number of nitrogens with zero attached hydrogens (tertiary/aromatic N) is 5. The normalized spacial score (nSPS) is 15.4. The maximum Gasteiger partial charge on any atom is 0.261 e. The van der Waals surface area contributed by atoms with Gasteiger partial charge in [-0.1, -0.05) is 18.5 Å². The molecule has 2 aromatic heterocycles. The van der Waals surface area contributed by atoms with Crippen molar-refractivity contribution in [2.24, 2.45) is 0 Å². The highest BCUT2D eigenvalue weighted by Gasteiger charge is 2.28. The third-order valence-corrected chi connectivity index (χ3v) is 8.18. The summed E-state index contributed by atoms with van der Waals surface area (Å²) in [4.78, 5) is 24.1. The molecule has 0 bridgehead atoms. The van der Waals surface area contributed by atoms with E-state index in [1.54, 1.807) is 26.1 Å². The minimum atomic E-state index is -3.29. The van der Waals surface area contributed by atoms with Gasteiger partial charge in [0.1, 0.15) is 17.3 Å². The van der Waals surface area contributed by atoms with Crippen LogP contribution in [0.25, 0.3) is 16.9 Å². The molecule has 11 heteroatoms. The highest BCUT2D eigenvalue weighted by atomic mass is 35.5. The van der Waals surface area contributed by atoms with E-state index < -0.39 is 15.8 Å². The summed E-state index contributed by atoms with van der Waals surface area (Å²) in [6, 6.07) is 4.26. The van der Waals surface area contributed by atoms with Gasteiger partial charge >= 0.3 is 0 Å². The van der Waals surface area contributed by atoms with Crippen molar-refractivity contribution >= 4 is 33.1 Å². The monoisotopic (exact) mass is 493 g/mol. The maximum atomic E-state index is 14.8. The highest BCUT2D eigenvalue weighted by molar-refractivity contribution is 7.89. The summed E-state index contributed by atoms with van der Waals surface area (Å²) in [5.74, 6) is -0.00970. The Bertz CT molecular complexity index is 1390. The number of rotatable bonds is 5. The zero-order valence-electron chi connectivity index (χ0n) is 18.7. The summed E-state index contributed by atoms with van der Waals surface area (Å²) in [7, 11) is -3.29. The van der Waals surface area contributed by atoms with Crippen LogP contribution < -0.4 is 10.5 Å². The van der Waals surface area contributed by atoms with Crippen LogP contribution in [-0.4, -0.2) is 59.0 Å². The molecule has 0 aliphatic carbocycles. The predicted octanol–water partition coefficient (Wildman–Crippen LogP) is 3.03. The quantitative estimate of drug-likeness (QED) is 0.543. The van der Waals surface area contributed by atoms with Crippen molar-refractivity contribution in [1.29, 1.82) is 0 Å². The standard InChI is InChI=1S/C22H25ClFN5O3S/c1-4-11-33(31,32)28-9-7-27(8-10-28)19-13-29-21(25-15(3)14(2)22(29)30)20(26-19)17-6-5-16(23)12-18(17)24/h5-6,12-13H,4,7-11H2,1-3H3. The Labute approximate surface area is 196 Å². The molecule has 4 rings (SSSR count). The van der Waals surface area contributed by atoms with E-state index in [-0.39, 0.29) is 33.2 Å². The Morgan fingerprint density at radius 2 is 1.82 bits per heavy atom. The Morgan fingerprint density at radius 1 is 1.12 bits per heavy atom. The molecule has 1 fully saturated rings. The van der Waals surface area contributed by atoms with E-state index in [1.165, 1.54) is 20.8 Å². The lowest BCUT2D eigenvalue weighted by Crippen LogP contribution is -2.49. The third kappa shape index (κ3) is 4.47. The lowest BCUT2D eigenvalue weighted by atomic mass is 10.1. The van der Waals surface area contributed by atoms with Gasteiger partial charge in [0.05, 0.1) is 11.9 Å². The van der Waals surface area contributed by atoms with Crippen molar-refractivity contribution in [3.8, 4) is 11.3 Å². The predicted molar refractivity (Wildman–Crippen MR) is 127 cm³/mol. The van der Waals surface area contributed by atoms with Crippen LogP contribution in [0.15, 0.2) is 29.2 Å². The summed E-state index contributed by atoms with van der Waals surface area (Å²) in [6.07, 6.45) is 2.14. The number of halogens is 2. The van der Waals surface area contributed by atoms with Crippen molar-refractivity contribution in [1.82, 2.24) is 18.7 Å². The second-order valence-electron chi connectivity index (χ2n) is 8.09. The number of hydrogen-bond donors (Lipinski definition) is 0. The Balaban J connectivity index is 1.81. The van der Waals surface area contributed by atoms with Gasteiger partial charge in [-0.2, -0.15) is 4.31 Å². The second kappa shape index (κ2) is 9.00. The first kappa shape index (κ1) is 23.6. The van der Waals surface area contributed by atoms with Gasteiger partial charge in [0.25, 0.3) is 5.56 Å². The minimum Gasteiger partial charge on any atom is -0.353 e. The van der Waals surface area contributed by atoms with Crippen LogP contribution >= 0.6 is 11.6 Å². The van der Waals surface area contributed by atoms with Crippen LogP contribution in [0, 0.1) is 19.7 Å². The van der Waals surface area contributed by atoms with E-state index in [9.17, 15) is 17.6 Å². The molecule has 0 radical (unpaired) electrons. The zero-order valence-corrected chi connectivity index (χ0v) is 20.2. The number of piperazine rings is 1. The smallest absolute Gasteiger partial charge is 0.261 e. The molecule has 0 atom stereocenters. The lowest BCUT2D eigenvalue weighted by Gasteiger charge is -2.34. The Hall–Kier alpha value is -2.56. The minimum absolute atomic E-state index is 0.112. The number of benzene rings is 1. The third-order valence-electron chi connectivity index (χ3n) is 5.87. The SMILES string of the molecule is CCCS(=O)(=O)N1CCN(c2cn3c(=O)c(C)c(C)nc3c(-c3ccc(Cl)cc3F)n2)CC1. The van der Waals surface area contributed by atoms with E-state index in [0.717, 1.165) is 0 Å². The van der Waals surface area contributed by atoms with Gasteiger partial charge in [-0.25, -0.2) is 22.8 Å².